The van der Waals surface area contributed by atoms with Crippen molar-refractivity contribution < 1.29 is 56.7 Å². The van der Waals surface area contributed by atoms with E-state index in [1.54, 1.807) is 0 Å². The Morgan fingerprint density at radius 2 is 1.49 bits per heavy atom. The molecule has 23 heteroatoms. The maximum Gasteiger partial charge on any atom is 0.472 e. The monoisotopic (exact) mass is 710 g/mol. The van der Waals surface area contributed by atoms with Gasteiger partial charge < -0.3 is 39.0 Å². The summed E-state index contributed by atoms with van der Waals surface area (Å²) in [6.07, 6.45) is -8.83. The predicted molar refractivity (Wildman–Crippen MR) is 149 cm³/mol. The zero-order chi connectivity index (χ0) is 31.8. The Hall–Kier alpha value is -2.32. The highest BCUT2D eigenvalue weighted by atomic mass is 35.5. The van der Waals surface area contributed by atoms with Crippen LogP contribution in [0, 0.1) is 0 Å². The number of nitrogens with one attached hydrogen (secondary N) is 1. The van der Waals surface area contributed by atoms with Crippen LogP contribution in [0.3, 0.4) is 0 Å². The van der Waals surface area contributed by atoms with E-state index in [0.717, 1.165) is 12.7 Å². The van der Waals surface area contributed by atoms with Gasteiger partial charge in [-0.05, 0) is 12.1 Å². The first-order chi connectivity index (χ1) is 21.3. The van der Waals surface area contributed by atoms with Gasteiger partial charge in [-0.3, -0.25) is 27.5 Å². The smallest absolute Gasteiger partial charge is 0.387 e. The molecular weight excluding hydrogens is 689 g/mol. The van der Waals surface area contributed by atoms with Crippen molar-refractivity contribution in [1.29, 1.82) is 0 Å². The summed E-state index contributed by atoms with van der Waals surface area (Å²) in [5.74, 6) is 0. The van der Waals surface area contributed by atoms with Crippen LogP contribution in [0.15, 0.2) is 35.9 Å². The number of phosphoric ester groups is 2. The first-order valence-corrected chi connectivity index (χ1v) is 16.8. The van der Waals surface area contributed by atoms with Crippen molar-refractivity contribution in [3.63, 3.8) is 0 Å². The van der Waals surface area contributed by atoms with Crippen molar-refractivity contribution in [2.24, 2.45) is 0 Å². The van der Waals surface area contributed by atoms with E-state index in [1.165, 1.54) is 27.6 Å². The topological polar surface area (TPSA) is 252 Å². The first kappa shape index (κ1) is 31.3. The van der Waals surface area contributed by atoms with E-state index < -0.39 is 83.5 Å². The molecule has 3 fully saturated rings. The van der Waals surface area contributed by atoms with E-state index in [2.05, 4.69) is 19.9 Å². The Labute approximate surface area is 260 Å². The Morgan fingerprint density at radius 3 is 2.24 bits per heavy atom. The number of aliphatic hydroxyl groups excluding tert-OH is 2. The lowest BCUT2D eigenvalue weighted by Gasteiger charge is -2.25. The highest BCUT2D eigenvalue weighted by Gasteiger charge is 2.53. The van der Waals surface area contributed by atoms with Gasteiger partial charge >= 0.3 is 15.6 Å². The van der Waals surface area contributed by atoms with Gasteiger partial charge in [0.15, 0.2) is 23.6 Å². The number of benzene rings is 1. The zero-order valence-electron chi connectivity index (χ0n) is 22.3. The van der Waals surface area contributed by atoms with E-state index in [-0.39, 0.29) is 21.2 Å². The standard InChI is InChI=1S/C22H22Cl2N6O13P2/c23-8-1-10-11(2-9(8)24)29(6-27-10)21-16(32)17-13(41-21)4-39-45(36,37)43-18-15(31)12(3-38-44(34,35)42-17)40-22(18)30-7-28-14-19(30)25-5-26-20(14)33/h1-2,5-7,12-13,15-18,21-22,31-32H,3-4H2,(H,34,35)(H,36,37)(H,25,26,33). The maximum absolute atomic E-state index is 13.2. The largest absolute Gasteiger partial charge is 0.472 e. The molecule has 5 N–H and O–H groups in total. The molecule has 7 rings (SSSR count). The maximum atomic E-state index is 13.2. The Morgan fingerprint density at radius 1 is 0.844 bits per heavy atom. The van der Waals surface area contributed by atoms with E-state index >= 15 is 0 Å². The molecule has 3 aromatic heterocycles. The second-order valence-corrected chi connectivity index (χ2v) is 13.9. The number of halogens is 2. The van der Waals surface area contributed by atoms with Crippen molar-refractivity contribution in [1.82, 2.24) is 29.1 Å². The number of hydrogen-bond acceptors (Lipinski definition) is 14. The number of nitrogens with zero attached hydrogens (tertiary/aromatic N) is 5. The van der Waals surface area contributed by atoms with Crippen LogP contribution in [0.1, 0.15) is 12.5 Å². The van der Waals surface area contributed by atoms with E-state index in [1.807, 2.05) is 0 Å². The predicted octanol–water partition coefficient (Wildman–Crippen LogP) is 1.01. The summed E-state index contributed by atoms with van der Waals surface area (Å²) in [5.41, 5.74) is 0.0511. The molecule has 0 radical (unpaired) electrons. The second kappa shape index (κ2) is 11.4. The van der Waals surface area contributed by atoms with Crippen LogP contribution in [0.2, 0.25) is 10.0 Å². The van der Waals surface area contributed by atoms with Crippen LogP contribution in [0.4, 0.5) is 0 Å². The molecule has 0 amide bonds. The Balaban J connectivity index is 1.20. The molecule has 6 heterocycles. The summed E-state index contributed by atoms with van der Waals surface area (Å²) >= 11 is 12.2. The Bertz CT molecular complexity index is 1940. The van der Waals surface area contributed by atoms with Crippen molar-refractivity contribution >= 4 is 61.0 Å². The van der Waals surface area contributed by atoms with Crippen LogP contribution in [0.25, 0.3) is 22.2 Å². The normalized spacial score (nSPS) is 37.7. The van der Waals surface area contributed by atoms with Gasteiger partial charge in [-0.2, -0.15) is 0 Å². The number of hydrogen-bond donors (Lipinski definition) is 5. The fourth-order valence-electron chi connectivity index (χ4n) is 5.39. The van der Waals surface area contributed by atoms with Gasteiger partial charge in [0.25, 0.3) is 5.56 Å². The number of H-pyrrole nitrogens is 1. The molecule has 3 saturated heterocycles. The number of imidazole rings is 2. The average Bonchev–Trinajstić information content (AvgIpc) is 3.73. The van der Waals surface area contributed by atoms with E-state index in [0.29, 0.717) is 11.0 Å². The molecule has 0 saturated carbocycles. The summed E-state index contributed by atoms with van der Waals surface area (Å²) in [4.78, 5) is 48.0. The van der Waals surface area contributed by atoms with E-state index in [4.69, 9.17) is 50.8 Å². The molecule has 45 heavy (non-hydrogen) atoms. The van der Waals surface area contributed by atoms with Crippen molar-refractivity contribution in [2.45, 2.75) is 49.1 Å². The van der Waals surface area contributed by atoms with Crippen LogP contribution in [-0.4, -0.2) is 98.9 Å². The fourth-order valence-corrected chi connectivity index (χ4v) is 7.60. The molecule has 10 unspecified atom stereocenters. The SMILES string of the molecule is O=c1[nH]cnc2c1ncn2C1OC2COP(=O)(O)OC3C(COP(=O)(O)OC1C2O)OC(n1cnc2cc(Cl)c(Cl)cc21)C3O. The van der Waals surface area contributed by atoms with Crippen LogP contribution >= 0.6 is 38.8 Å². The molecule has 19 nitrogen and oxygen atoms in total. The van der Waals surface area contributed by atoms with Crippen molar-refractivity contribution in [3.8, 4) is 0 Å². The second-order valence-electron chi connectivity index (χ2n) is 10.2. The third kappa shape index (κ3) is 5.66. The third-order valence-electron chi connectivity index (χ3n) is 7.47. The van der Waals surface area contributed by atoms with Crippen molar-refractivity contribution in [3.05, 3.63) is 51.5 Å². The molecule has 4 aromatic rings. The lowest BCUT2D eigenvalue weighted by molar-refractivity contribution is -0.0671. The number of aromatic amines is 1. The number of fused-ring (bicyclic) bond motifs is 5. The van der Waals surface area contributed by atoms with Gasteiger partial charge in [-0.1, -0.05) is 23.2 Å². The molecule has 10 atom stereocenters. The fraction of sp³-hybridized carbons (Fsp3) is 0.455. The number of aliphatic hydroxyl groups is 2. The van der Waals surface area contributed by atoms with Gasteiger partial charge in [0.2, 0.25) is 0 Å². The number of phosphoric acid groups is 2. The average molecular weight is 711 g/mol. The Kier molecular flexibility index (Phi) is 7.95. The number of aromatic nitrogens is 6. The highest BCUT2D eigenvalue weighted by molar-refractivity contribution is 7.47. The molecule has 242 valence electrons. The summed E-state index contributed by atoms with van der Waals surface area (Å²) < 4.78 is 61.4. The highest BCUT2D eigenvalue weighted by Crippen LogP contribution is 2.53. The minimum atomic E-state index is -5.08. The summed E-state index contributed by atoms with van der Waals surface area (Å²) in [5, 5.41) is 22.6. The van der Waals surface area contributed by atoms with Crippen molar-refractivity contribution in [2.75, 3.05) is 13.2 Å². The van der Waals surface area contributed by atoms with Crippen LogP contribution in [0.5, 0.6) is 0 Å². The first-order valence-electron chi connectivity index (χ1n) is 13.0. The van der Waals surface area contributed by atoms with Crippen LogP contribution < -0.4 is 5.56 Å². The van der Waals surface area contributed by atoms with Gasteiger partial charge in [-0.15, -0.1) is 0 Å². The summed E-state index contributed by atoms with van der Waals surface area (Å²) in [6.45, 7) is -1.60. The zero-order valence-corrected chi connectivity index (χ0v) is 25.6. The van der Waals surface area contributed by atoms with Gasteiger partial charge in [0, 0.05) is 0 Å². The van der Waals surface area contributed by atoms with Gasteiger partial charge in [0.05, 0.1) is 53.3 Å². The molecule has 0 aliphatic carbocycles. The van der Waals surface area contributed by atoms with Gasteiger partial charge in [0.1, 0.15) is 36.6 Å². The molecule has 3 aliphatic heterocycles. The lowest BCUT2D eigenvalue weighted by Crippen LogP contribution is -2.36. The third-order valence-corrected chi connectivity index (χ3v) is 10.2. The summed E-state index contributed by atoms with van der Waals surface area (Å²) in [6, 6.07) is 2.95. The number of ether oxygens (including phenoxy) is 2. The molecular formula is C22H22Cl2N6O13P2. The lowest BCUT2D eigenvalue weighted by atomic mass is 10.1. The summed E-state index contributed by atoms with van der Waals surface area (Å²) in [7, 11) is -10.1. The van der Waals surface area contributed by atoms with E-state index in [9.17, 15) is 33.9 Å². The van der Waals surface area contributed by atoms with Gasteiger partial charge in [-0.25, -0.2) is 24.1 Å². The van der Waals surface area contributed by atoms with Crippen LogP contribution in [-0.2, 0) is 36.7 Å². The number of rotatable bonds is 2. The molecule has 3 aliphatic rings. The molecule has 1 aromatic carbocycles. The molecule has 2 bridgehead atoms. The minimum absolute atomic E-state index is 0.0186. The quantitative estimate of drug-likeness (QED) is 0.182. The minimum Gasteiger partial charge on any atom is -0.387 e. The molecule has 0 spiro atoms.